The summed E-state index contributed by atoms with van der Waals surface area (Å²) >= 11 is 6.02. The Hall–Kier alpha value is -2.42. The van der Waals surface area contributed by atoms with Gasteiger partial charge in [-0.25, -0.2) is 8.42 Å². The second-order valence-electron chi connectivity index (χ2n) is 7.37. The van der Waals surface area contributed by atoms with E-state index in [1.165, 1.54) is 17.5 Å². The number of nitrogens with zero attached hydrogens (tertiary/aromatic N) is 1. The number of halogens is 1. The Labute approximate surface area is 187 Å². The van der Waals surface area contributed by atoms with Gasteiger partial charge < -0.3 is 9.47 Å². The summed E-state index contributed by atoms with van der Waals surface area (Å²) in [5.41, 5.74) is 1.30. The van der Waals surface area contributed by atoms with E-state index in [-0.39, 0.29) is 23.8 Å². The van der Waals surface area contributed by atoms with Gasteiger partial charge in [-0.05, 0) is 50.1 Å². The number of sulfonamides is 1. The molecule has 2 aromatic carbocycles. The Bertz CT molecular complexity index is 1060. The molecule has 0 bridgehead atoms. The van der Waals surface area contributed by atoms with Crippen LogP contribution in [0.25, 0.3) is 0 Å². The van der Waals surface area contributed by atoms with Crippen molar-refractivity contribution in [3.63, 3.8) is 0 Å². The SMILES string of the molecule is COc1ccc(C(=O)COC(=O)C2CCN(S(=O)(=O)c3ccc(C)cc3)CC2)cc1Cl. The van der Waals surface area contributed by atoms with E-state index in [1.54, 1.807) is 36.4 Å². The third-order valence-corrected chi connectivity index (χ3v) is 7.47. The smallest absolute Gasteiger partial charge is 0.309 e. The third-order valence-electron chi connectivity index (χ3n) is 5.27. The van der Waals surface area contributed by atoms with Crippen LogP contribution in [0.1, 0.15) is 28.8 Å². The first-order valence-electron chi connectivity index (χ1n) is 9.82. The summed E-state index contributed by atoms with van der Waals surface area (Å²) < 4.78 is 37.1. The van der Waals surface area contributed by atoms with E-state index in [1.807, 2.05) is 6.92 Å². The molecule has 0 radical (unpaired) electrons. The van der Waals surface area contributed by atoms with E-state index in [9.17, 15) is 18.0 Å². The van der Waals surface area contributed by atoms with Crippen LogP contribution < -0.4 is 4.74 Å². The number of Topliss-reactive ketones (excluding diaryl/α,β-unsaturated/α-hetero) is 1. The summed E-state index contributed by atoms with van der Waals surface area (Å²) in [4.78, 5) is 24.9. The van der Waals surface area contributed by atoms with Crippen LogP contribution in [0.4, 0.5) is 0 Å². The van der Waals surface area contributed by atoms with Gasteiger partial charge in [0.05, 0.1) is 22.9 Å². The molecule has 31 heavy (non-hydrogen) atoms. The molecule has 3 rings (SSSR count). The molecular formula is C22H24ClNO6S. The predicted octanol–water partition coefficient (Wildman–Crippen LogP) is 3.48. The fourth-order valence-corrected chi connectivity index (χ4v) is 5.10. The van der Waals surface area contributed by atoms with E-state index >= 15 is 0 Å². The molecule has 0 aromatic heterocycles. The van der Waals surface area contributed by atoms with E-state index in [0.717, 1.165) is 5.56 Å². The van der Waals surface area contributed by atoms with Gasteiger partial charge >= 0.3 is 5.97 Å². The van der Waals surface area contributed by atoms with Crippen molar-refractivity contribution < 1.29 is 27.5 Å². The summed E-state index contributed by atoms with van der Waals surface area (Å²) in [6, 6.07) is 11.3. The molecule has 7 nitrogen and oxygen atoms in total. The molecule has 0 N–H and O–H groups in total. The molecule has 0 saturated carbocycles. The Balaban J connectivity index is 1.52. The van der Waals surface area contributed by atoms with Crippen molar-refractivity contribution in [3.8, 4) is 5.75 Å². The monoisotopic (exact) mass is 465 g/mol. The number of aryl methyl sites for hydroxylation is 1. The molecular weight excluding hydrogens is 442 g/mol. The van der Waals surface area contributed by atoms with E-state index < -0.39 is 28.5 Å². The first-order chi connectivity index (χ1) is 14.7. The van der Waals surface area contributed by atoms with Gasteiger partial charge in [0.15, 0.2) is 12.4 Å². The molecule has 0 unspecified atom stereocenters. The molecule has 166 valence electrons. The topological polar surface area (TPSA) is 90.0 Å². The summed E-state index contributed by atoms with van der Waals surface area (Å²) in [7, 11) is -2.12. The minimum Gasteiger partial charge on any atom is -0.495 e. The highest BCUT2D eigenvalue weighted by atomic mass is 35.5. The second-order valence-corrected chi connectivity index (χ2v) is 9.72. The number of carbonyl (C=O) groups excluding carboxylic acids is 2. The van der Waals surface area contributed by atoms with Crippen LogP contribution in [-0.4, -0.2) is 51.3 Å². The van der Waals surface area contributed by atoms with Crippen LogP contribution in [0, 0.1) is 12.8 Å². The maximum Gasteiger partial charge on any atom is 0.309 e. The van der Waals surface area contributed by atoms with Gasteiger partial charge in [-0.2, -0.15) is 4.31 Å². The number of carbonyl (C=O) groups is 2. The van der Waals surface area contributed by atoms with Crippen molar-refractivity contribution in [2.45, 2.75) is 24.7 Å². The lowest BCUT2D eigenvalue weighted by molar-refractivity contribution is -0.148. The number of ether oxygens (including phenoxy) is 2. The molecule has 0 atom stereocenters. The molecule has 1 saturated heterocycles. The van der Waals surface area contributed by atoms with Gasteiger partial charge in [0, 0.05) is 18.7 Å². The van der Waals surface area contributed by atoms with Crippen LogP contribution in [0.2, 0.25) is 5.02 Å². The summed E-state index contributed by atoms with van der Waals surface area (Å²) in [5.74, 6) is -0.878. The van der Waals surface area contributed by atoms with Crippen molar-refractivity contribution in [1.29, 1.82) is 0 Å². The molecule has 1 fully saturated rings. The number of piperidine rings is 1. The molecule has 1 aliphatic rings. The maximum atomic E-state index is 12.8. The molecule has 2 aromatic rings. The number of esters is 1. The zero-order chi connectivity index (χ0) is 22.6. The Morgan fingerprint density at radius 3 is 2.32 bits per heavy atom. The Morgan fingerprint density at radius 2 is 1.74 bits per heavy atom. The Morgan fingerprint density at radius 1 is 1.10 bits per heavy atom. The lowest BCUT2D eigenvalue weighted by atomic mass is 9.98. The lowest BCUT2D eigenvalue weighted by Crippen LogP contribution is -2.40. The van der Waals surface area contributed by atoms with Crippen LogP contribution in [0.5, 0.6) is 5.75 Å². The zero-order valence-electron chi connectivity index (χ0n) is 17.3. The highest BCUT2D eigenvalue weighted by Crippen LogP contribution is 2.26. The Kier molecular flexibility index (Phi) is 7.35. The zero-order valence-corrected chi connectivity index (χ0v) is 18.9. The minimum atomic E-state index is -3.60. The number of benzene rings is 2. The number of ketones is 1. The average Bonchev–Trinajstić information content (AvgIpc) is 2.77. The van der Waals surface area contributed by atoms with Crippen molar-refractivity contribution >= 4 is 33.4 Å². The van der Waals surface area contributed by atoms with Crippen LogP contribution in [0.3, 0.4) is 0 Å². The fourth-order valence-electron chi connectivity index (χ4n) is 3.37. The number of hydrogen-bond donors (Lipinski definition) is 0. The van der Waals surface area contributed by atoms with Crippen molar-refractivity contribution in [1.82, 2.24) is 4.31 Å². The highest BCUT2D eigenvalue weighted by Gasteiger charge is 2.33. The van der Waals surface area contributed by atoms with Crippen LogP contribution >= 0.6 is 11.6 Å². The van der Waals surface area contributed by atoms with Gasteiger partial charge in [-0.15, -0.1) is 0 Å². The van der Waals surface area contributed by atoms with Gasteiger partial charge in [-0.3, -0.25) is 9.59 Å². The number of methoxy groups -OCH3 is 1. The van der Waals surface area contributed by atoms with E-state index in [4.69, 9.17) is 21.1 Å². The third kappa shape index (κ3) is 5.44. The lowest BCUT2D eigenvalue weighted by Gasteiger charge is -2.30. The van der Waals surface area contributed by atoms with Crippen LogP contribution in [-0.2, 0) is 19.6 Å². The summed E-state index contributed by atoms with van der Waals surface area (Å²) in [6.07, 6.45) is 0.680. The van der Waals surface area contributed by atoms with Gasteiger partial charge in [-0.1, -0.05) is 29.3 Å². The summed E-state index contributed by atoms with van der Waals surface area (Å²) in [5, 5.41) is 0.293. The predicted molar refractivity (Wildman–Crippen MR) is 116 cm³/mol. The molecule has 0 spiro atoms. The van der Waals surface area contributed by atoms with Gasteiger partial charge in [0.1, 0.15) is 5.75 Å². The van der Waals surface area contributed by atoms with Crippen molar-refractivity contribution in [3.05, 3.63) is 58.6 Å². The van der Waals surface area contributed by atoms with Gasteiger partial charge in [0.25, 0.3) is 0 Å². The normalized spacial score (nSPS) is 15.5. The molecule has 1 heterocycles. The molecule has 9 heteroatoms. The van der Waals surface area contributed by atoms with Crippen molar-refractivity contribution in [2.75, 3.05) is 26.8 Å². The second kappa shape index (κ2) is 9.80. The van der Waals surface area contributed by atoms with E-state index in [2.05, 4.69) is 0 Å². The maximum absolute atomic E-state index is 12.8. The van der Waals surface area contributed by atoms with Gasteiger partial charge in [0.2, 0.25) is 10.0 Å². The molecule has 1 aliphatic heterocycles. The first kappa shape index (κ1) is 23.2. The summed E-state index contributed by atoms with van der Waals surface area (Å²) in [6.45, 7) is 1.93. The first-order valence-corrected chi connectivity index (χ1v) is 11.6. The number of hydrogen-bond acceptors (Lipinski definition) is 6. The molecule has 0 aliphatic carbocycles. The van der Waals surface area contributed by atoms with Crippen LogP contribution in [0.15, 0.2) is 47.4 Å². The largest absolute Gasteiger partial charge is 0.495 e. The number of rotatable bonds is 7. The quantitative estimate of drug-likeness (QED) is 0.459. The average molecular weight is 466 g/mol. The van der Waals surface area contributed by atoms with Crippen molar-refractivity contribution in [2.24, 2.45) is 5.92 Å². The fraction of sp³-hybridized carbons (Fsp3) is 0.364. The minimum absolute atomic E-state index is 0.220. The molecule has 0 amide bonds. The standard InChI is InChI=1S/C22H24ClNO6S/c1-15-3-6-18(7-4-15)31(27,28)24-11-9-16(10-12-24)22(26)30-14-20(25)17-5-8-21(29-2)19(23)13-17/h3-8,13,16H,9-12,14H2,1-2H3. The van der Waals surface area contributed by atoms with E-state index in [0.29, 0.717) is 29.2 Å². The highest BCUT2D eigenvalue weighted by molar-refractivity contribution is 7.89.